The average molecular weight is 267 g/mol. The van der Waals surface area contributed by atoms with Gasteiger partial charge in [-0.15, -0.1) is 0 Å². The van der Waals surface area contributed by atoms with E-state index < -0.39 is 0 Å². The smallest absolute Gasteiger partial charge is 0.0539 e. The second kappa shape index (κ2) is 4.85. The van der Waals surface area contributed by atoms with E-state index in [-0.39, 0.29) is 0 Å². The number of aromatic nitrogens is 3. The van der Waals surface area contributed by atoms with Crippen molar-refractivity contribution in [3.63, 3.8) is 0 Å². The molecule has 3 rings (SSSR count). The van der Waals surface area contributed by atoms with Gasteiger partial charge in [0.2, 0.25) is 0 Å². The highest BCUT2D eigenvalue weighted by molar-refractivity contribution is 6.00. The largest absolute Gasteiger partial charge is 0.398 e. The van der Waals surface area contributed by atoms with E-state index in [0.29, 0.717) is 0 Å². The van der Waals surface area contributed by atoms with Crippen LogP contribution in [0.5, 0.6) is 0 Å². The Hall–Kier alpha value is -2.56. The van der Waals surface area contributed by atoms with Crippen LogP contribution in [-0.2, 0) is 13.6 Å². The third-order valence-corrected chi connectivity index (χ3v) is 3.42. The van der Waals surface area contributed by atoms with Gasteiger partial charge in [-0.05, 0) is 18.2 Å². The molecule has 3 aromatic rings. The van der Waals surface area contributed by atoms with Crippen LogP contribution < -0.4 is 10.6 Å². The van der Waals surface area contributed by atoms with Gasteiger partial charge in [0.05, 0.1) is 6.20 Å². The maximum atomic E-state index is 6.01. The Balaban J connectivity index is 1.99. The van der Waals surface area contributed by atoms with Crippen molar-refractivity contribution < 1.29 is 0 Å². The van der Waals surface area contributed by atoms with Gasteiger partial charge in [-0.3, -0.25) is 9.67 Å². The van der Waals surface area contributed by atoms with Crippen molar-refractivity contribution in [3.05, 3.63) is 48.5 Å². The Kier molecular flexibility index (Phi) is 3.02. The summed E-state index contributed by atoms with van der Waals surface area (Å²) in [5.41, 5.74) is 9.08. The summed E-state index contributed by atoms with van der Waals surface area (Å²) in [6.45, 7) is 0.801. The van der Waals surface area contributed by atoms with E-state index in [1.165, 1.54) is 5.56 Å². The molecule has 0 bridgehead atoms. The zero-order valence-electron chi connectivity index (χ0n) is 11.6. The van der Waals surface area contributed by atoms with Gasteiger partial charge in [-0.2, -0.15) is 5.10 Å². The lowest BCUT2D eigenvalue weighted by Gasteiger charge is -2.21. The van der Waals surface area contributed by atoms with E-state index in [2.05, 4.69) is 22.0 Å². The van der Waals surface area contributed by atoms with E-state index in [1.54, 1.807) is 6.20 Å². The molecule has 0 radical (unpaired) electrons. The van der Waals surface area contributed by atoms with Gasteiger partial charge < -0.3 is 10.6 Å². The van der Waals surface area contributed by atoms with Crippen molar-refractivity contribution >= 4 is 22.1 Å². The Morgan fingerprint density at radius 2 is 2.05 bits per heavy atom. The maximum absolute atomic E-state index is 6.01. The van der Waals surface area contributed by atoms with Crippen molar-refractivity contribution in [1.29, 1.82) is 0 Å². The molecule has 20 heavy (non-hydrogen) atoms. The lowest BCUT2D eigenvalue weighted by molar-refractivity contribution is 0.766. The third kappa shape index (κ3) is 2.18. The number of aryl methyl sites for hydroxylation is 1. The van der Waals surface area contributed by atoms with E-state index in [1.807, 2.05) is 48.5 Å². The van der Waals surface area contributed by atoms with Crippen LogP contribution in [0.4, 0.5) is 11.4 Å². The Morgan fingerprint density at radius 3 is 2.80 bits per heavy atom. The number of benzene rings is 1. The van der Waals surface area contributed by atoms with Gasteiger partial charge in [-0.1, -0.05) is 0 Å². The first-order valence-corrected chi connectivity index (χ1v) is 6.46. The number of nitrogen functional groups attached to an aromatic ring is 1. The first kappa shape index (κ1) is 12.5. The molecule has 2 N–H and O–H groups in total. The van der Waals surface area contributed by atoms with Crippen LogP contribution in [0.15, 0.2) is 43.0 Å². The maximum Gasteiger partial charge on any atom is 0.0539 e. The second-order valence-corrected chi connectivity index (χ2v) is 4.97. The van der Waals surface area contributed by atoms with Crippen LogP contribution >= 0.6 is 0 Å². The molecule has 0 aliphatic rings. The number of fused-ring (bicyclic) bond motifs is 1. The van der Waals surface area contributed by atoms with Gasteiger partial charge in [0.15, 0.2) is 0 Å². The number of rotatable bonds is 3. The number of hydrogen-bond acceptors (Lipinski definition) is 4. The number of nitrogens with zero attached hydrogens (tertiary/aromatic N) is 4. The summed E-state index contributed by atoms with van der Waals surface area (Å²) >= 11 is 0. The minimum atomic E-state index is 0.756. The molecule has 0 saturated heterocycles. The number of hydrogen-bond donors (Lipinski definition) is 1. The molecule has 5 heteroatoms. The summed E-state index contributed by atoms with van der Waals surface area (Å²) in [6.07, 6.45) is 7.52. The number of pyridine rings is 1. The van der Waals surface area contributed by atoms with Crippen molar-refractivity contribution in [1.82, 2.24) is 14.8 Å². The standard InChI is InChI=1S/C15H17N5/c1-19(9-11-7-18-20(2)10-11)15-4-3-14(16)13-8-17-6-5-12(13)15/h3-8,10H,9,16H2,1-2H3. The first-order chi connectivity index (χ1) is 9.65. The lowest BCUT2D eigenvalue weighted by Crippen LogP contribution is -2.16. The van der Waals surface area contributed by atoms with Crippen LogP contribution in [0.1, 0.15) is 5.56 Å². The molecule has 1 aromatic carbocycles. The summed E-state index contributed by atoms with van der Waals surface area (Å²) in [7, 11) is 3.99. The van der Waals surface area contributed by atoms with Crippen molar-refractivity contribution in [2.24, 2.45) is 7.05 Å². The predicted molar refractivity (Wildman–Crippen MR) is 81.5 cm³/mol. The minimum Gasteiger partial charge on any atom is -0.398 e. The topological polar surface area (TPSA) is 60.0 Å². The molecule has 0 unspecified atom stereocenters. The highest BCUT2D eigenvalue weighted by Gasteiger charge is 2.09. The van der Waals surface area contributed by atoms with E-state index >= 15 is 0 Å². The second-order valence-electron chi connectivity index (χ2n) is 4.97. The Bertz CT molecular complexity index is 747. The predicted octanol–water partition coefficient (Wildman–Crippen LogP) is 2.19. The molecule has 0 amide bonds. The van der Waals surface area contributed by atoms with Gasteiger partial charge >= 0.3 is 0 Å². The highest BCUT2D eigenvalue weighted by Crippen LogP contribution is 2.30. The Morgan fingerprint density at radius 1 is 1.20 bits per heavy atom. The SMILES string of the molecule is CN(Cc1cnn(C)c1)c1ccc(N)c2cnccc12. The summed E-state index contributed by atoms with van der Waals surface area (Å²) in [5, 5.41) is 6.31. The fourth-order valence-electron chi connectivity index (χ4n) is 2.44. The zero-order chi connectivity index (χ0) is 14.1. The molecule has 5 nitrogen and oxygen atoms in total. The van der Waals surface area contributed by atoms with Crippen LogP contribution in [0, 0.1) is 0 Å². The monoisotopic (exact) mass is 267 g/mol. The molecule has 102 valence electrons. The van der Waals surface area contributed by atoms with Crippen LogP contribution in [-0.4, -0.2) is 21.8 Å². The molecule has 0 aliphatic heterocycles. The summed E-state index contributed by atoms with van der Waals surface area (Å²) in [6, 6.07) is 5.98. The summed E-state index contributed by atoms with van der Waals surface area (Å²) in [5.74, 6) is 0. The molecular weight excluding hydrogens is 250 g/mol. The number of anilines is 2. The molecule has 0 spiro atoms. The van der Waals surface area contributed by atoms with E-state index in [4.69, 9.17) is 5.73 Å². The summed E-state index contributed by atoms with van der Waals surface area (Å²) in [4.78, 5) is 6.34. The van der Waals surface area contributed by atoms with Crippen LogP contribution in [0.25, 0.3) is 10.8 Å². The molecule has 0 aliphatic carbocycles. The number of nitrogens with two attached hydrogens (primary N) is 1. The van der Waals surface area contributed by atoms with Crippen LogP contribution in [0.3, 0.4) is 0 Å². The molecule has 0 atom stereocenters. The van der Waals surface area contributed by atoms with Gasteiger partial charge in [0.1, 0.15) is 0 Å². The average Bonchev–Trinajstić information content (AvgIpc) is 2.84. The fraction of sp³-hybridized carbons (Fsp3) is 0.200. The van der Waals surface area contributed by atoms with E-state index in [0.717, 1.165) is 28.7 Å². The van der Waals surface area contributed by atoms with Gasteiger partial charge in [-0.25, -0.2) is 0 Å². The lowest BCUT2D eigenvalue weighted by atomic mass is 10.1. The molecule has 0 saturated carbocycles. The van der Waals surface area contributed by atoms with Crippen molar-refractivity contribution in [2.45, 2.75) is 6.54 Å². The highest BCUT2D eigenvalue weighted by atomic mass is 15.2. The van der Waals surface area contributed by atoms with Gasteiger partial charge in [0, 0.05) is 66.9 Å². The first-order valence-electron chi connectivity index (χ1n) is 6.46. The summed E-state index contributed by atoms with van der Waals surface area (Å²) < 4.78 is 1.81. The minimum absolute atomic E-state index is 0.756. The third-order valence-electron chi connectivity index (χ3n) is 3.42. The Labute approximate surface area is 117 Å². The van der Waals surface area contributed by atoms with Crippen LogP contribution in [0.2, 0.25) is 0 Å². The molecule has 2 heterocycles. The van der Waals surface area contributed by atoms with Crippen molar-refractivity contribution in [3.8, 4) is 0 Å². The quantitative estimate of drug-likeness (QED) is 0.739. The normalized spacial score (nSPS) is 10.9. The van der Waals surface area contributed by atoms with E-state index in [9.17, 15) is 0 Å². The molecule has 2 aromatic heterocycles. The zero-order valence-corrected chi connectivity index (χ0v) is 11.6. The van der Waals surface area contributed by atoms with Crippen molar-refractivity contribution in [2.75, 3.05) is 17.7 Å². The fourth-order valence-corrected chi connectivity index (χ4v) is 2.44. The van der Waals surface area contributed by atoms with Gasteiger partial charge in [0.25, 0.3) is 0 Å². The molecular formula is C15H17N5. The molecule has 0 fully saturated rings.